The highest BCUT2D eigenvalue weighted by atomic mass is 32.2. The molecule has 112 valence electrons. The number of likely N-dealkylation sites (N-methyl/N-ethyl adjacent to an activating group) is 1. The van der Waals surface area contributed by atoms with Crippen molar-refractivity contribution < 1.29 is 22.3 Å². The maximum Gasteiger partial charge on any atom is 0.241 e. The molecule has 1 rings (SSSR count). The zero-order chi connectivity index (χ0) is 15.5. The van der Waals surface area contributed by atoms with E-state index in [0.29, 0.717) is 0 Å². The fourth-order valence-corrected chi connectivity index (χ4v) is 2.38. The van der Waals surface area contributed by atoms with Gasteiger partial charge in [0.1, 0.15) is 0 Å². The third kappa shape index (κ3) is 3.58. The summed E-state index contributed by atoms with van der Waals surface area (Å²) in [6.45, 7) is -0.428. The molecule has 9 heteroatoms. The summed E-state index contributed by atoms with van der Waals surface area (Å²) in [5.74, 6) is -1.56. The number of carbonyl (C=O) groups is 1. The van der Waals surface area contributed by atoms with Crippen LogP contribution in [0.2, 0.25) is 0 Å². The number of halogens is 1. The number of ether oxygens (including phenoxy) is 1. The van der Waals surface area contributed by atoms with Crippen LogP contribution in [-0.4, -0.2) is 47.0 Å². The molecular formula is C11H16FN3O4S. The number of sulfonamides is 1. The number of nitrogen functional groups attached to an aromatic ring is 1. The van der Waals surface area contributed by atoms with Gasteiger partial charge in [0.05, 0.1) is 24.2 Å². The zero-order valence-corrected chi connectivity index (χ0v) is 12.1. The van der Waals surface area contributed by atoms with Crippen molar-refractivity contribution in [3.63, 3.8) is 0 Å². The molecule has 0 atom stereocenters. The van der Waals surface area contributed by atoms with Crippen molar-refractivity contribution >= 4 is 21.6 Å². The van der Waals surface area contributed by atoms with E-state index in [4.69, 9.17) is 10.5 Å². The van der Waals surface area contributed by atoms with E-state index in [1.165, 1.54) is 26.1 Å². The molecule has 0 bridgehead atoms. The van der Waals surface area contributed by atoms with Gasteiger partial charge in [0.25, 0.3) is 0 Å². The summed E-state index contributed by atoms with van der Waals surface area (Å²) >= 11 is 0. The summed E-state index contributed by atoms with van der Waals surface area (Å²) in [7, 11) is 0.163. The van der Waals surface area contributed by atoms with E-state index >= 15 is 0 Å². The lowest BCUT2D eigenvalue weighted by molar-refractivity contribution is -0.127. The Morgan fingerprint density at radius 1 is 1.45 bits per heavy atom. The molecular weight excluding hydrogens is 289 g/mol. The zero-order valence-electron chi connectivity index (χ0n) is 11.3. The number of amides is 1. The predicted octanol–water partition coefficient (Wildman–Crippen LogP) is -0.217. The second-order valence-corrected chi connectivity index (χ2v) is 5.91. The van der Waals surface area contributed by atoms with Crippen LogP contribution in [0.4, 0.5) is 10.1 Å². The van der Waals surface area contributed by atoms with Gasteiger partial charge in [-0.2, -0.15) is 0 Å². The first-order valence-electron chi connectivity index (χ1n) is 5.52. The third-order valence-corrected chi connectivity index (χ3v) is 3.85. The number of hydrogen-bond donors (Lipinski definition) is 2. The maximum atomic E-state index is 13.6. The minimum atomic E-state index is -4.03. The van der Waals surface area contributed by atoms with Gasteiger partial charge in [-0.05, 0) is 12.1 Å². The molecule has 3 N–H and O–H groups in total. The van der Waals surface area contributed by atoms with Crippen LogP contribution in [0.25, 0.3) is 0 Å². The maximum absolute atomic E-state index is 13.6. The Labute approximate surface area is 116 Å². The van der Waals surface area contributed by atoms with Crippen molar-refractivity contribution in [2.45, 2.75) is 4.90 Å². The molecule has 20 heavy (non-hydrogen) atoms. The predicted molar refractivity (Wildman–Crippen MR) is 71.2 cm³/mol. The number of nitrogens with two attached hydrogens (primary N) is 1. The highest BCUT2D eigenvalue weighted by molar-refractivity contribution is 7.89. The minimum Gasteiger partial charge on any atom is -0.492 e. The quantitative estimate of drug-likeness (QED) is 0.733. The number of nitrogens with one attached hydrogen (secondary N) is 1. The van der Waals surface area contributed by atoms with E-state index in [1.54, 1.807) is 0 Å². The van der Waals surface area contributed by atoms with Crippen LogP contribution in [-0.2, 0) is 14.8 Å². The molecule has 0 aliphatic rings. The van der Waals surface area contributed by atoms with E-state index in [0.717, 1.165) is 12.1 Å². The molecule has 0 unspecified atom stereocenters. The smallest absolute Gasteiger partial charge is 0.241 e. The number of anilines is 1. The summed E-state index contributed by atoms with van der Waals surface area (Å²) in [5.41, 5.74) is 5.35. The Hall–Kier alpha value is -1.87. The fraction of sp³-hybridized carbons (Fsp3) is 0.364. The van der Waals surface area contributed by atoms with Crippen molar-refractivity contribution in [1.29, 1.82) is 0 Å². The number of methoxy groups -OCH3 is 1. The number of hydrogen-bond acceptors (Lipinski definition) is 5. The SMILES string of the molecule is COc1c(N)cc(S(=O)(=O)NCC(=O)N(C)C)cc1F. The van der Waals surface area contributed by atoms with E-state index in [2.05, 4.69) is 4.72 Å². The molecule has 0 saturated heterocycles. The molecule has 0 heterocycles. The Bertz CT molecular complexity index is 593. The van der Waals surface area contributed by atoms with Gasteiger partial charge >= 0.3 is 0 Å². The van der Waals surface area contributed by atoms with Gasteiger partial charge in [0.15, 0.2) is 11.6 Å². The van der Waals surface area contributed by atoms with Gasteiger partial charge in [0.2, 0.25) is 15.9 Å². The lowest BCUT2D eigenvalue weighted by atomic mass is 10.3. The molecule has 0 spiro atoms. The summed E-state index contributed by atoms with van der Waals surface area (Å²) in [4.78, 5) is 12.2. The lowest BCUT2D eigenvalue weighted by Crippen LogP contribution is -2.36. The van der Waals surface area contributed by atoms with E-state index in [-0.39, 0.29) is 16.3 Å². The second-order valence-electron chi connectivity index (χ2n) is 4.14. The average molecular weight is 305 g/mol. The van der Waals surface area contributed by atoms with E-state index < -0.39 is 28.3 Å². The van der Waals surface area contributed by atoms with Crippen molar-refractivity contribution in [3.8, 4) is 5.75 Å². The molecule has 0 saturated carbocycles. The molecule has 0 aliphatic carbocycles. The first-order chi connectivity index (χ1) is 9.19. The minimum absolute atomic E-state index is 0.146. The molecule has 0 fully saturated rings. The van der Waals surface area contributed by atoms with Crippen molar-refractivity contribution in [1.82, 2.24) is 9.62 Å². The summed E-state index contributed by atoms with van der Waals surface area (Å²) in [5, 5.41) is 0. The molecule has 1 aromatic carbocycles. The first-order valence-corrected chi connectivity index (χ1v) is 7.00. The van der Waals surface area contributed by atoms with Crippen LogP contribution < -0.4 is 15.2 Å². The van der Waals surface area contributed by atoms with E-state index in [9.17, 15) is 17.6 Å². The van der Waals surface area contributed by atoms with Gasteiger partial charge in [-0.25, -0.2) is 17.5 Å². The van der Waals surface area contributed by atoms with Crippen molar-refractivity contribution in [2.75, 3.05) is 33.5 Å². The Morgan fingerprint density at radius 2 is 2.05 bits per heavy atom. The van der Waals surface area contributed by atoms with Gasteiger partial charge in [-0.15, -0.1) is 0 Å². The second kappa shape index (κ2) is 6.06. The van der Waals surface area contributed by atoms with Gasteiger partial charge in [-0.1, -0.05) is 0 Å². The topological polar surface area (TPSA) is 102 Å². The summed E-state index contributed by atoms with van der Waals surface area (Å²) < 4.78 is 44.2. The molecule has 0 aliphatic heterocycles. The molecule has 7 nitrogen and oxygen atoms in total. The number of benzene rings is 1. The standard InChI is InChI=1S/C11H16FN3O4S/c1-15(2)10(16)6-14-20(17,18)7-4-8(12)11(19-3)9(13)5-7/h4-5,14H,6,13H2,1-3H3. The van der Waals surface area contributed by atoms with Gasteiger partial charge in [-0.3, -0.25) is 4.79 Å². The Kier molecular flexibility index (Phi) is 4.90. The highest BCUT2D eigenvalue weighted by Crippen LogP contribution is 2.28. The van der Waals surface area contributed by atoms with Gasteiger partial charge < -0.3 is 15.4 Å². The molecule has 0 aromatic heterocycles. The molecule has 1 amide bonds. The fourth-order valence-electron chi connectivity index (χ4n) is 1.36. The van der Waals surface area contributed by atoms with Crippen molar-refractivity contribution in [3.05, 3.63) is 17.9 Å². The highest BCUT2D eigenvalue weighted by Gasteiger charge is 2.20. The van der Waals surface area contributed by atoms with Crippen molar-refractivity contribution in [2.24, 2.45) is 0 Å². The lowest BCUT2D eigenvalue weighted by Gasteiger charge is -2.12. The molecule has 0 radical (unpaired) electrons. The number of nitrogens with zero attached hydrogens (tertiary/aromatic N) is 1. The van der Waals surface area contributed by atoms with Crippen LogP contribution >= 0.6 is 0 Å². The van der Waals surface area contributed by atoms with Crippen LogP contribution in [0.1, 0.15) is 0 Å². The van der Waals surface area contributed by atoms with Crippen LogP contribution in [0.5, 0.6) is 5.75 Å². The van der Waals surface area contributed by atoms with Crippen LogP contribution in [0.3, 0.4) is 0 Å². The largest absolute Gasteiger partial charge is 0.492 e. The normalized spacial score (nSPS) is 11.2. The Morgan fingerprint density at radius 3 is 2.50 bits per heavy atom. The number of rotatable bonds is 5. The summed E-state index contributed by atoms with van der Waals surface area (Å²) in [6.07, 6.45) is 0. The van der Waals surface area contributed by atoms with Crippen LogP contribution in [0.15, 0.2) is 17.0 Å². The first kappa shape index (κ1) is 16.2. The van der Waals surface area contributed by atoms with Crippen LogP contribution in [0, 0.1) is 5.82 Å². The molecule has 1 aromatic rings. The number of carbonyl (C=O) groups excluding carboxylic acids is 1. The van der Waals surface area contributed by atoms with Gasteiger partial charge in [0, 0.05) is 14.1 Å². The third-order valence-electron chi connectivity index (χ3n) is 2.47. The summed E-state index contributed by atoms with van der Waals surface area (Å²) in [6, 6.07) is 1.84. The average Bonchev–Trinajstić information content (AvgIpc) is 2.35. The monoisotopic (exact) mass is 305 g/mol. The Balaban J connectivity index is 3.02. The van der Waals surface area contributed by atoms with E-state index in [1.807, 2.05) is 0 Å².